The minimum Gasteiger partial charge on any atom is -0.444 e. The highest BCUT2D eigenvalue weighted by molar-refractivity contribution is 5.96. The van der Waals surface area contributed by atoms with E-state index < -0.39 is 11.1 Å². The number of carbonyl (C=O) groups is 2. The third-order valence-corrected chi connectivity index (χ3v) is 7.12. The Morgan fingerprint density at radius 2 is 1.68 bits per heavy atom. The van der Waals surface area contributed by atoms with Gasteiger partial charge < -0.3 is 10.1 Å². The van der Waals surface area contributed by atoms with Crippen molar-refractivity contribution in [3.05, 3.63) is 84.1 Å². The summed E-state index contributed by atoms with van der Waals surface area (Å²) in [7, 11) is 0. The van der Waals surface area contributed by atoms with Gasteiger partial charge in [0.25, 0.3) is 0 Å². The fourth-order valence-corrected chi connectivity index (χ4v) is 5.12. The first-order valence-electron chi connectivity index (χ1n) is 13.4. The summed E-state index contributed by atoms with van der Waals surface area (Å²) in [5, 5.41) is 3.13. The number of rotatable bonds is 7. The lowest BCUT2D eigenvalue weighted by molar-refractivity contribution is 0.0377. The molecule has 0 bridgehead atoms. The van der Waals surface area contributed by atoms with E-state index in [1.807, 2.05) is 68.6 Å². The van der Waals surface area contributed by atoms with Crippen molar-refractivity contribution in [2.45, 2.75) is 70.9 Å². The zero-order valence-corrected chi connectivity index (χ0v) is 22.6. The molecule has 0 radical (unpaired) electrons. The molecule has 1 amide bonds. The minimum atomic E-state index is -0.545. The molecule has 1 N–H and O–H groups in total. The Balaban J connectivity index is 1.53. The molecule has 38 heavy (non-hydrogen) atoms. The fourth-order valence-electron chi connectivity index (χ4n) is 5.12. The molecule has 0 atom stereocenters. The number of benzene rings is 2. The maximum absolute atomic E-state index is 12.7. The van der Waals surface area contributed by atoms with Gasteiger partial charge in [-0.2, -0.15) is 0 Å². The Morgan fingerprint density at radius 3 is 2.29 bits per heavy atom. The van der Waals surface area contributed by atoms with Crippen LogP contribution in [0.4, 0.5) is 4.79 Å². The Hall–Kier alpha value is -3.93. The molecule has 4 aromatic rings. The first kappa shape index (κ1) is 25.7. The molecule has 5 rings (SSSR count). The molecule has 0 spiro atoms. The highest BCUT2D eigenvalue weighted by Crippen LogP contribution is 2.42. The number of aromatic nitrogens is 2. The second kappa shape index (κ2) is 10.1. The third kappa shape index (κ3) is 5.08. The van der Waals surface area contributed by atoms with Crippen molar-refractivity contribution in [2.75, 3.05) is 0 Å². The zero-order valence-electron chi connectivity index (χ0n) is 22.6. The number of nitrogens with zero attached hydrogens (tertiary/aromatic N) is 2. The number of fused-ring (bicyclic) bond motifs is 1. The summed E-state index contributed by atoms with van der Waals surface area (Å²) in [6.07, 6.45) is 5.67. The SMILES string of the molecule is CCCC(=O)c1ccc2nc(-c3ccc(C4(NC(=O)OC(C)(C)C)CCC4)cc3)c(-c3ccccc3)n2c1. The van der Waals surface area contributed by atoms with Gasteiger partial charge in [0, 0.05) is 29.3 Å². The van der Waals surface area contributed by atoms with Crippen molar-refractivity contribution < 1.29 is 14.3 Å². The van der Waals surface area contributed by atoms with Crippen molar-refractivity contribution in [1.29, 1.82) is 0 Å². The van der Waals surface area contributed by atoms with Crippen LogP contribution >= 0.6 is 0 Å². The van der Waals surface area contributed by atoms with Crippen molar-refractivity contribution in [3.63, 3.8) is 0 Å². The van der Waals surface area contributed by atoms with E-state index in [0.717, 1.165) is 59.4 Å². The highest BCUT2D eigenvalue weighted by atomic mass is 16.6. The summed E-state index contributed by atoms with van der Waals surface area (Å²) in [6, 6.07) is 22.2. The van der Waals surface area contributed by atoms with Gasteiger partial charge in [-0.1, -0.05) is 61.5 Å². The first-order chi connectivity index (χ1) is 18.2. The van der Waals surface area contributed by atoms with Crippen LogP contribution < -0.4 is 5.32 Å². The monoisotopic (exact) mass is 509 g/mol. The molecule has 6 nitrogen and oxygen atoms in total. The number of imidazole rings is 1. The molecule has 196 valence electrons. The number of Topliss-reactive ketones (excluding diaryl/α,β-unsaturated/α-hetero) is 1. The number of ketones is 1. The van der Waals surface area contributed by atoms with Crippen LogP contribution in [0.15, 0.2) is 72.9 Å². The first-order valence-corrected chi connectivity index (χ1v) is 13.4. The molecule has 1 saturated carbocycles. The van der Waals surface area contributed by atoms with Crippen molar-refractivity contribution in [3.8, 4) is 22.5 Å². The molecule has 6 heteroatoms. The maximum Gasteiger partial charge on any atom is 0.408 e. The van der Waals surface area contributed by atoms with Crippen LogP contribution in [0.25, 0.3) is 28.2 Å². The molecule has 1 aliphatic carbocycles. The van der Waals surface area contributed by atoms with Crippen LogP contribution in [0.3, 0.4) is 0 Å². The smallest absolute Gasteiger partial charge is 0.408 e. The number of alkyl carbamates (subject to hydrolysis) is 1. The Labute approximate surface area is 224 Å². The van der Waals surface area contributed by atoms with Crippen LogP contribution in [0, 0.1) is 0 Å². The van der Waals surface area contributed by atoms with E-state index in [1.165, 1.54) is 0 Å². The number of hydrogen-bond donors (Lipinski definition) is 1. The van der Waals surface area contributed by atoms with E-state index in [9.17, 15) is 9.59 Å². The predicted octanol–water partition coefficient (Wildman–Crippen LogP) is 7.56. The Kier molecular flexibility index (Phi) is 6.82. The van der Waals surface area contributed by atoms with Crippen molar-refractivity contribution in [2.24, 2.45) is 0 Å². The largest absolute Gasteiger partial charge is 0.444 e. The zero-order chi connectivity index (χ0) is 26.9. The Bertz CT molecular complexity index is 1460. The Morgan fingerprint density at radius 1 is 0.974 bits per heavy atom. The van der Waals surface area contributed by atoms with Gasteiger partial charge in [-0.05, 0) is 64.2 Å². The van der Waals surface area contributed by atoms with Gasteiger partial charge in [-0.25, -0.2) is 9.78 Å². The molecular weight excluding hydrogens is 474 g/mol. The molecule has 1 fully saturated rings. The molecule has 2 aromatic carbocycles. The summed E-state index contributed by atoms with van der Waals surface area (Å²) in [5.74, 6) is 0.135. The van der Waals surface area contributed by atoms with Gasteiger partial charge in [0.1, 0.15) is 11.2 Å². The molecule has 0 aliphatic heterocycles. The normalized spacial score (nSPS) is 14.6. The average Bonchev–Trinajstić information content (AvgIpc) is 3.25. The molecule has 0 saturated heterocycles. The number of carbonyl (C=O) groups excluding carboxylic acids is 2. The third-order valence-electron chi connectivity index (χ3n) is 7.12. The van der Waals surface area contributed by atoms with Crippen molar-refractivity contribution in [1.82, 2.24) is 14.7 Å². The van der Waals surface area contributed by atoms with Crippen molar-refractivity contribution >= 4 is 17.5 Å². The van der Waals surface area contributed by atoms with Crippen LogP contribution in [0.2, 0.25) is 0 Å². The van der Waals surface area contributed by atoms with Gasteiger partial charge in [0.2, 0.25) is 0 Å². The number of hydrogen-bond acceptors (Lipinski definition) is 4. The number of ether oxygens (including phenoxy) is 1. The second-order valence-corrected chi connectivity index (χ2v) is 11.1. The lowest BCUT2D eigenvalue weighted by Gasteiger charge is -2.43. The van der Waals surface area contributed by atoms with Gasteiger partial charge in [0.05, 0.1) is 16.9 Å². The molecule has 0 unspecified atom stereocenters. The highest BCUT2D eigenvalue weighted by Gasteiger charge is 2.41. The number of nitrogens with one attached hydrogen (secondary N) is 1. The van der Waals surface area contributed by atoms with E-state index >= 15 is 0 Å². The van der Waals surface area contributed by atoms with Crippen LogP contribution in [-0.4, -0.2) is 26.9 Å². The second-order valence-electron chi connectivity index (χ2n) is 11.1. The van der Waals surface area contributed by atoms with Gasteiger partial charge in [-0.15, -0.1) is 0 Å². The maximum atomic E-state index is 12.7. The number of pyridine rings is 1. The number of amides is 1. The summed E-state index contributed by atoms with van der Waals surface area (Å²) in [5.41, 5.74) is 5.40. The van der Waals surface area contributed by atoms with E-state index in [4.69, 9.17) is 9.72 Å². The summed E-state index contributed by atoms with van der Waals surface area (Å²) < 4.78 is 7.56. The summed E-state index contributed by atoms with van der Waals surface area (Å²) in [4.78, 5) is 30.2. The summed E-state index contributed by atoms with van der Waals surface area (Å²) in [6.45, 7) is 7.63. The lowest BCUT2D eigenvalue weighted by Crippen LogP contribution is -2.52. The molecule has 2 heterocycles. The van der Waals surface area contributed by atoms with E-state index in [0.29, 0.717) is 12.0 Å². The van der Waals surface area contributed by atoms with Gasteiger partial charge >= 0.3 is 6.09 Å². The van der Waals surface area contributed by atoms with Gasteiger partial charge in [-0.3, -0.25) is 9.20 Å². The minimum absolute atomic E-state index is 0.135. The quantitative estimate of drug-likeness (QED) is 0.261. The molecule has 1 aliphatic rings. The fraction of sp³-hybridized carbons (Fsp3) is 0.344. The van der Waals surface area contributed by atoms with Gasteiger partial charge in [0.15, 0.2) is 5.78 Å². The molecule has 2 aromatic heterocycles. The van der Waals surface area contributed by atoms with Crippen LogP contribution in [0.5, 0.6) is 0 Å². The van der Waals surface area contributed by atoms with Crippen LogP contribution in [0.1, 0.15) is 75.7 Å². The van der Waals surface area contributed by atoms with Crippen LogP contribution in [-0.2, 0) is 10.3 Å². The topological polar surface area (TPSA) is 72.7 Å². The van der Waals surface area contributed by atoms with E-state index in [2.05, 4.69) is 41.7 Å². The predicted molar refractivity (Wildman–Crippen MR) is 150 cm³/mol. The lowest BCUT2D eigenvalue weighted by atomic mass is 9.71. The average molecular weight is 510 g/mol. The van der Waals surface area contributed by atoms with E-state index in [-0.39, 0.29) is 11.9 Å². The van der Waals surface area contributed by atoms with E-state index in [1.54, 1.807) is 0 Å². The standard InChI is InChI=1S/C32H35N3O3/c1-5-10-26(36)24-15-18-27-33-28(29(35(27)21-24)23-11-7-6-8-12-23)22-13-16-25(17-14-22)32(19-9-20-32)34-30(37)38-31(2,3)4/h6-8,11-18,21H,5,9-10,19-20H2,1-4H3,(H,34,37). The molecular formula is C32H35N3O3. The summed E-state index contributed by atoms with van der Waals surface area (Å²) >= 11 is 0.